The lowest BCUT2D eigenvalue weighted by molar-refractivity contribution is 0.102. The second-order valence-electron chi connectivity index (χ2n) is 5.78. The first kappa shape index (κ1) is 18.1. The number of sulfonamides is 1. The van der Waals surface area contributed by atoms with Crippen LogP contribution in [0.25, 0.3) is 0 Å². The van der Waals surface area contributed by atoms with Crippen LogP contribution in [0.5, 0.6) is 11.5 Å². The van der Waals surface area contributed by atoms with Crippen molar-refractivity contribution in [2.45, 2.75) is 6.42 Å². The molecule has 0 radical (unpaired) electrons. The number of methoxy groups -OCH3 is 2. The van der Waals surface area contributed by atoms with E-state index in [4.69, 9.17) is 9.47 Å². The zero-order chi connectivity index (χ0) is 18.7. The van der Waals surface area contributed by atoms with Gasteiger partial charge < -0.3 is 14.8 Å². The van der Waals surface area contributed by atoms with Crippen LogP contribution in [0.15, 0.2) is 42.5 Å². The molecule has 1 fully saturated rings. The lowest BCUT2D eigenvalue weighted by Crippen LogP contribution is -2.25. The first-order chi connectivity index (χ1) is 12.5. The highest BCUT2D eigenvalue weighted by Crippen LogP contribution is 2.30. The SMILES string of the molecule is COc1cccc(OC)c1C(=O)Nc1ccc(N2CCCS2(=O)=O)cc1. The fraction of sp³-hybridized carbons (Fsp3) is 0.278. The molecular weight excluding hydrogens is 356 g/mol. The van der Waals surface area contributed by atoms with Crippen molar-refractivity contribution in [1.29, 1.82) is 0 Å². The highest BCUT2D eigenvalue weighted by Gasteiger charge is 2.28. The van der Waals surface area contributed by atoms with Crippen molar-refractivity contribution in [2.75, 3.05) is 36.1 Å². The molecule has 0 aromatic heterocycles. The average molecular weight is 376 g/mol. The Morgan fingerprint density at radius 1 is 1.04 bits per heavy atom. The summed E-state index contributed by atoms with van der Waals surface area (Å²) in [6.45, 7) is 0.479. The van der Waals surface area contributed by atoms with Crippen LogP contribution in [0.1, 0.15) is 16.8 Å². The van der Waals surface area contributed by atoms with Crippen molar-refractivity contribution < 1.29 is 22.7 Å². The van der Waals surface area contributed by atoms with Crippen molar-refractivity contribution in [3.8, 4) is 11.5 Å². The van der Waals surface area contributed by atoms with E-state index in [1.165, 1.54) is 18.5 Å². The van der Waals surface area contributed by atoms with Gasteiger partial charge in [-0.25, -0.2) is 8.42 Å². The van der Waals surface area contributed by atoms with Gasteiger partial charge in [-0.05, 0) is 42.8 Å². The number of nitrogens with one attached hydrogen (secondary N) is 1. The van der Waals surface area contributed by atoms with Gasteiger partial charge in [0, 0.05) is 12.2 Å². The van der Waals surface area contributed by atoms with E-state index in [1.54, 1.807) is 42.5 Å². The summed E-state index contributed by atoms with van der Waals surface area (Å²) in [7, 11) is -0.258. The standard InChI is InChI=1S/C18H20N2O5S/c1-24-15-5-3-6-16(25-2)17(15)18(21)19-13-7-9-14(10-8-13)20-11-4-12-26(20,22)23/h3,5-10H,4,11-12H2,1-2H3,(H,19,21). The fourth-order valence-corrected chi connectivity index (χ4v) is 4.47. The quantitative estimate of drug-likeness (QED) is 0.867. The van der Waals surface area contributed by atoms with Crippen molar-refractivity contribution in [3.05, 3.63) is 48.0 Å². The molecule has 0 atom stereocenters. The predicted molar refractivity (Wildman–Crippen MR) is 99.7 cm³/mol. The molecule has 0 saturated carbocycles. The summed E-state index contributed by atoms with van der Waals surface area (Å²) in [5.41, 5.74) is 1.43. The number of carbonyl (C=O) groups is 1. The van der Waals surface area contributed by atoms with Gasteiger partial charge in [-0.15, -0.1) is 0 Å². The summed E-state index contributed by atoms with van der Waals surface area (Å²) >= 11 is 0. The van der Waals surface area contributed by atoms with E-state index in [1.807, 2.05) is 0 Å². The third kappa shape index (κ3) is 3.45. The molecule has 26 heavy (non-hydrogen) atoms. The van der Waals surface area contributed by atoms with E-state index < -0.39 is 10.0 Å². The molecule has 8 heteroatoms. The summed E-state index contributed by atoms with van der Waals surface area (Å²) < 4.78 is 35.8. The summed E-state index contributed by atoms with van der Waals surface area (Å²) in [4.78, 5) is 12.6. The molecule has 1 amide bonds. The van der Waals surface area contributed by atoms with E-state index in [0.717, 1.165) is 0 Å². The monoisotopic (exact) mass is 376 g/mol. The Balaban J connectivity index is 1.81. The Morgan fingerprint density at radius 3 is 2.15 bits per heavy atom. The molecule has 1 saturated heterocycles. The molecule has 1 aliphatic rings. The van der Waals surface area contributed by atoms with Crippen molar-refractivity contribution in [2.24, 2.45) is 0 Å². The molecule has 0 spiro atoms. The molecule has 1 N–H and O–H groups in total. The minimum atomic E-state index is -3.22. The van der Waals surface area contributed by atoms with Crippen molar-refractivity contribution in [3.63, 3.8) is 0 Å². The number of nitrogens with zero attached hydrogens (tertiary/aromatic N) is 1. The van der Waals surface area contributed by atoms with Crippen LogP contribution in [0, 0.1) is 0 Å². The minimum absolute atomic E-state index is 0.166. The summed E-state index contributed by atoms with van der Waals surface area (Å²) in [5, 5.41) is 2.78. The Labute approximate surface area is 152 Å². The first-order valence-corrected chi connectivity index (χ1v) is 9.70. The number of benzene rings is 2. The zero-order valence-corrected chi connectivity index (χ0v) is 15.4. The molecule has 0 aliphatic carbocycles. The van der Waals surface area contributed by atoms with E-state index in [-0.39, 0.29) is 11.7 Å². The van der Waals surface area contributed by atoms with Crippen molar-refractivity contribution >= 4 is 27.3 Å². The molecule has 1 heterocycles. The molecular formula is C18H20N2O5S. The lowest BCUT2D eigenvalue weighted by Gasteiger charge is -2.17. The third-order valence-electron chi connectivity index (χ3n) is 4.17. The van der Waals surface area contributed by atoms with Gasteiger partial charge in [-0.2, -0.15) is 0 Å². The van der Waals surface area contributed by atoms with Crippen LogP contribution in [0.3, 0.4) is 0 Å². The number of anilines is 2. The number of hydrogen-bond acceptors (Lipinski definition) is 5. The van der Waals surface area contributed by atoms with Gasteiger partial charge in [0.25, 0.3) is 5.91 Å². The van der Waals surface area contributed by atoms with Gasteiger partial charge >= 0.3 is 0 Å². The number of rotatable bonds is 5. The molecule has 7 nitrogen and oxygen atoms in total. The highest BCUT2D eigenvalue weighted by molar-refractivity contribution is 7.93. The predicted octanol–water partition coefficient (Wildman–Crippen LogP) is 2.50. The maximum Gasteiger partial charge on any atom is 0.263 e. The number of hydrogen-bond donors (Lipinski definition) is 1. The summed E-state index contributed by atoms with van der Waals surface area (Å²) in [5.74, 6) is 0.600. The van der Waals surface area contributed by atoms with Gasteiger partial charge in [0.15, 0.2) is 0 Å². The molecule has 138 valence electrons. The topological polar surface area (TPSA) is 84.9 Å². The second kappa shape index (κ2) is 7.25. The Hall–Kier alpha value is -2.74. The van der Waals surface area contributed by atoms with E-state index >= 15 is 0 Å². The fourth-order valence-electron chi connectivity index (χ4n) is 2.91. The summed E-state index contributed by atoms with van der Waals surface area (Å²) in [6, 6.07) is 11.8. The Kier molecular flexibility index (Phi) is 5.03. The van der Waals surface area contributed by atoms with E-state index in [2.05, 4.69) is 5.32 Å². The minimum Gasteiger partial charge on any atom is -0.496 e. The number of amides is 1. The maximum atomic E-state index is 12.6. The van der Waals surface area contributed by atoms with Crippen LogP contribution in [0.2, 0.25) is 0 Å². The van der Waals surface area contributed by atoms with Crippen LogP contribution >= 0.6 is 0 Å². The van der Waals surface area contributed by atoms with Gasteiger partial charge in [0.2, 0.25) is 10.0 Å². The third-order valence-corrected chi connectivity index (χ3v) is 6.04. The van der Waals surface area contributed by atoms with Gasteiger partial charge in [-0.1, -0.05) is 6.07 Å². The van der Waals surface area contributed by atoms with Crippen LogP contribution < -0.4 is 19.1 Å². The molecule has 2 aromatic rings. The first-order valence-electron chi connectivity index (χ1n) is 8.09. The molecule has 1 aliphatic heterocycles. The second-order valence-corrected chi connectivity index (χ2v) is 7.79. The smallest absolute Gasteiger partial charge is 0.263 e. The number of ether oxygens (including phenoxy) is 2. The molecule has 3 rings (SSSR count). The van der Waals surface area contributed by atoms with Crippen LogP contribution in [0.4, 0.5) is 11.4 Å². The number of carbonyl (C=O) groups excluding carboxylic acids is 1. The normalized spacial score (nSPS) is 15.5. The van der Waals surface area contributed by atoms with Crippen LogP contribution in [-0.4, -0.2) is 40.8 Å². The van der Waals surface area contributed by atoms with Crippen molar-refractivity contribution in [1.82, 2.24) is 0 Å². The molecule has 0 unspecified atom stereocenters. The summed E-state index contributed by atoms with van der Waals surface area (Å²) in [6.07, 6.45) is 0.619. The maximum absolute atomic E-state index is 12.6. The van der Waals surface area contributed by atoms with Gasteiger partial charge in [-0.3, -0.25) is 9.10 Å². The van der Waals surface area contributed by atoms with E-state index in [9.17, 15) is 13.2 Å². The highest BCUT2D eigenvalue weighted by atomic mass is 32.2. The zero-order valence-electron chi connectivity index (χ0n) is 14.6. The van der Waals surface area contributed by atoms with Gasteiger partial charge in [0.05, 0.1) is 25.7 Å². The average Bonchev–Trinajstić information content (AvgIpc) is 3.00. The Morgan fingerprint density at radius 2 is 1.65 bits per heavy atom. The Bertz CT molecular complexity index is 887. The van der Waals surface area contributed by atoms with E-state index in [0.29, 0.717) is 41.4 Å². The molecule has 2 aromatic carbocycles. The van der Waals surface area contributed by atoms with Gasteiger partial charge in [0.1, 0.15) is 17.1 Å². The largest absolute Gasteiger partial charge is 0.496 e. The van der Waals surface area contributed by atoms with Crippen LogP contribution in [-0.2, 0) is 10.0 Å². The molecule has 0 bridgehead atoms. The lowest BCUT2D eigenvalue weighted by atomic mass is 10.1.